The predicted octanol–water partition coefficient (Wildman–Crippen LogP) is 11.3. The van der Waals surface area contributed by atoms with Gasteiger partial charge in [-0.25, -0.2) is 0 Å². The Kier molecular flexibility index (Phi) is 13.3. The van der Waals surface area contributed by atoms with Crippen LogP contribution in [-0.4, -0.2) is 38.1 Å². The normalized spacial score (nSPS) is 20.7. The lowest BCUT2D eigenvalue weighted by Gasteiger charge is -2.37. The second-order valence-electron chi connectivity index (χ2n) is 17.6. The molecule has 0 bridgehead atoms. The van der Waals surface area contributed by atoms with E-state index in [1.54, 1.807) is 0 Å². The monoisotopic (exact) mass is 721 g/mol. The minimum absolute atomic E-state index is 0.189. The highest BCUT2D eigenvalue weighted by Crippen LogP contribution is 2.41. The molecule has 6 nitrogen and oxygen atoms in total. The molecule has 0 atom stereocenters. The quantitative estimate of drug-likeness (QED) is 0.137. The van der Waals surface area contributed by atoms with Gasteiger partial charge in [0.2, 0.25) is 0 Å². The van der Waals surface area contributed by atoms with Gasteiger partial charge in [-0.05, 0) is 133 Å². The van der Waals surface area contributed by atoms with Crippen LogP contribution in [0.3, 0.4) is 0 Å². The van der Waals surface area contributed by atoms with E-state index >= 15 is 0 Å². The first-order valence-corrected chi connectivity index (χ1v) is 19.8. The minimum Gasteiger partial charge on any atom is -0.490 e. The van der Waals surface area contributed by atoms with Crippen LogP contribution in [0.4, 0.5) is 0 Å². The van der Waals surface area contributed by atoms with Crippen LogP contribution in [-0.2, 0) is 16.1 Å². The summed E-state index contributed by atoms with van der Waals surface area (Å²) in [5, 5.41) is 7.75. The Bertz CT molecular complexity index is 1850. The third-order valence-electron chi connectivity index (χ3n) is 11.9. The molecule has 4 aromatic carbocycles. The molecule has 2 saturated carbocycles. The van der Waals surface area contributed by atoms with Crippen molar-refractivity contribution in [3.63, 3.8) is 0 Å². The van der Waals surface area contributed by atoms with Gasteiger partial charge in [-0.15, -0.1) is 0 Å². The van der Waals surface area contributed by atoms with Crippen LogP contribution in [0.25, 0.3) is 21.5 Å². The first-order valence-electron chi connectivity index (χ1n) is 19.8. The molecule has 1 N–H and O–H groups in total. The zero-order valence-corrected chi connectivity index (χ0v) is 33.8. The van der Waals surface area contributed by atoms with Crippen molar-refractivity contribution in [2.45, 2.75) is 126 Å². The highest BCUT2D eigenvalue weighted by Gasteiger charge is 2.32. The van der Waals surface area contributed by atoms with E-state index in [0.717, 1.165) is 77.2 Å². The third-order valence-corrected chi connectivity index (χ3v) is 11.9. The summed E-state index contributed by atoms with van der Waals surface area (Å²) in [6, 6.07) is 20.7. The summed E-state index contributed by atoms with van der Waals surface area (Å²) in [6.07, 6.45) is 10.6. The molecule has 4 aromatic rings. The Morgan fingerprint density at radius 2 is 1.11 bits per heavy atom. The maximum absolute atomic E-state index is 11.7. The molecule has 2 fully saturated rings. The second-order valence-corrected chi connectivity index (χ2v) is 17.6. The van der Waals surface area contributed by atoms with Gasteiger partial charge in [0.1, 0.15) is 11.5 Å². The molecule has 0 amide bonds. The minimum atomic E-state index is -0.260. The zero-order valence-electron chi connectivity index (χ0n) is 33.8. The number of benzene rings is 4. The number of aldehydes is 1. The molecule has 0 aliphatic heterocycles. The summed E-state index contributed by atoms with van der Waals surface area (Å²) >= 11 is 0. The number of nitrogens with one attached hydrogen (secondary N) is 1. The van der Waals surface area contributed by atoms with Gasteiger partial charge >= 0.3 is 5.97 Å². The largest absolute Gasteiger partial charge is 0.490 e. The molecule has 286 valence electrons. The zero-order chi connectivity index (χ0) is 38.3. The number of rotatable bonds is 9. The molecule has 6 heteroatoms. The van der Waals surface area contributed by atoms with E-state index < -0.39 is 0 Å². The van der Waals surface area contributed by atoms with Crippen molar-refractivity contribution in [2.24, 2.45) is 22.7 Å². The fraction of sp³-hybridized carbons (Fsp3) is 0.532. The molecular formula is C47H63NO5. The standard InChI is InChI=1S/C25H35NO3.C22H28O2/c1-17-14-23(29-19-12-10-18(11-13-19)25(2,3)4)22(15-26-16-24(27)28-5)21-9-7-6-8-20(17)21;1-15-13-21(20(14-23)19-8-6-5-7-18(15)19)24-17-11-9-16(10-12-17)22(2,3)4/h6-9,14,18-19,26H,10-13,15-16H2,1-5H3;5-8,13-14,16-17H,9-12H2,1-4H3. The van der Waals surface area contributed by atoms with Crippen molar-refractivity contribution in [1.29, 1.82) is 0 Å². The molecule has 0 heterocycles. The summed E-state index contributed by atoms with van der Waals surface area (Å²) in [5.74, 6) is 2.96. The first-order chi connectivity index (χ1) is 25.2. The number of carbonyl (C=O) groups excluding carboxylic acids is 2. The molecule has 2 aliphatic rings. The van der Waals surface area contributed by atoms with Crippen molar-refractivity contribution in [3.8, 4) is 11.5 Å². The van der Waals surface area contributed by atoms with E-state index in [2.05, 4.69) is 97.1 Å². The lowest BCUT2D eigenvalue weighted by Crippen LogP contribution is -2.31. The molecule has 0 saturated heterocycles. The first kappa shape index (κ1) is 40.3. The highest BCUT2D eigenvalue weighted by atomic mass is 16.5. The summed E-state index contributed by atoms with van der Waals surface area (Å²) in [4.78, 5) is 23.2. The number of hydrogen-bond donors (Lipinski definition) is 1. The van der Waals surface area contributed by atoms with Gasteiger partial charge < -0.3 is 19.5 Å². The van der Waals surface area contributed by atoms with Crippen molar-refractivity contribution < 1.29 is 23.8 Å². The lowest BCUT2D eigenvalue weighted by molar-refractivity contribution is -0.139. The van der Waals surface area contributed by atoms with Crippen LogP contribution in [0.1, 0.15) is 120 Å². The van der Waals surface area contributed by atoms with Crippen LogP contribution in [0, 0.1) is 36.5 Å². The fourth-order valence-corrected chi connectivity index (χ4v) is 8.45. The molecule has 53 heavy (non-hydrogen) atoms. The van der Waals surface area contributed by atoms with E-state index in [0.29, 0.717) is 22.9 Å². The summed E-state index contributed by atoms with van der Waals surface area (Å²) in [7, 11) is 1.41. The molecule has 2 aliphatic carbocycles. The summed E-state index contributed by atoms with van der Waals surface area (Å²) in [6.45, 7) is 19.0. The Morgan fingerprint density at radius 3 is 1.58 bits per heavy atom. The Hall–Kier alpha value is -3.90. The van der Waals surface area contributed by atoms with E-state index in [4.69, 9.17) is 14.2 Å². The number of esters is 1. The number of fused-ring (bicyclic) bond motifs is 2. The van der Waals surface area contributed by atoms with Crippen LogP contribution in [0.5, 0.6) is 11.5 Å². The molecule has 6 rings (SSSR count). The van der Waals surface area contributed by atoms with Gasteiger partial charge in [-0.3, -0.25) is 9.59 Å². The maximum atomic E-state index is 11.7. The third kappa shape index (κ3) is 10.2. The highest BCUT2D eigenvalue weighted by molar-refractivity contribution is 6.02. The molecule has 0 aromatic heterocycles. The van der Waals surface area contributed by atoms with Crippen LogP contribution in [0.2, 0.25) is 0 Å². The van der Waals surface area contributed by atoms with Crippen molar-refractivity contribution >= 4 is 33.8 Å². The fourth-order valence-electron chi connectivity index (χ4n) is 8.45. The molecule has 0 radical (unpaired) electrons. The van der Waals surface area contributed by atoms with E-state index in [1.165, 1.54) is 49.1 Å². The lowest BCUT2D eigenvalue weighted by atomic mass is 9.72. The van der Waals surface area contributed by atoms with Crippen molar-refractivity contribution in [3.05, 3.63) is 82.9 Å². The predicted molar refractivity (Wildman–Crippen MR) is 218 cm³/mol. The van der Waals surface area contributed by atoms with Gasteiger partial charge in [0.25, 0.3) is 0 Å². The van der Waals surface area contributed by atoms with Crippen LogP contribution >= 0.6 is 0 Å². The smallest absolute Gasteiger partial charge is 0.319 e. The van der Waals surface area contributed by atoms with Crippen molar-refractivity contribution in [2.75, 3.05) is 13.7 Å². The summed E-state index contributed by atoms with van der Waals surface area (Å²) in [5.41, 5.74) is 4.93. The van der Waals surface area contributed by atoms with Gasteiger partial charge in [0.05, 0.1) is 31.4 Å². The number of aryl methyl sites for hydroxylation is 2. The molecule has 0 spiro atoms. The second kappa shape index (κ2) is 17.5. The van der Waals surface area contributed by atoms with Crippen molar-refractivity contribution in [1.82, 2.24) is 5.32 Å². The van der Waals surface area contributed by atoms with Gasteiger partial charge in [0, 0.05) is 12.1 Å². The average Bonchev–Trinajstić information content (AvgIpc) is 3.13. The molecular weight excluding hydrogens is 659 g/mol. The molecule has 0 unspecified atom stereocenters. The van der Waals surface area contributed by atoms with E-state index in [-0.39, 0.29) is 24.7 Å². The van der Waals surface area contributed by atoms with E-state index in [1.807, 2.05) is 24.3 Å². The number of hydrogen-bond acceptors (Lipinski definition) is 6. The van der Waals surface area contributed by atoms with Crippen LogP contribution < -0.4 is 14.8 Å². The van der Waals surface area contributed by atoms with Gasteiger partial charge in [-0.1, -0.05) is 90.1 Å². The Labute approximate surface area is 318 Å². The average molecular weight is 722 g/mol. The maximum Gasteiger partial charge on any atom is 0.319 e. The number of ether oxygens (including phenoxy) is 3. The van der Waals surface area contributed by atoms with E-state index in [9.17, 15) is 9.59 Å². The SMILES string of the molecule is COC(=O)CNCc1c(OC2CCC(C(C)(C)C)CC2)cc(C)c2ccccc12.Cc1cc(OC2CCC(C(C)(C)C)CC2)c(C=O)c2ccccc12. The van der Waals surface area contributed by atoms with Gasteiger partial charge in [-0.2, -0.15) is 0 Å². The van der Waals surface area contributed by atoms with Crippen LogP contribution in [0.15, 0.2) is 60.7 Å². The Balaban J connectivity index is 0.000000208. The summed E-state index contributed by atoms with van der Waals surface area (Å²) < 4.78 is 17.6. The van der Waals surface area contributed by atoms with Gasteiger partial charge in [0.15, 0.2) is 6.29 Å². The topological polar surface area (TPSA) is 73.9 Å². The Morgan fingerprint density at radius 1 is 0.679 bits per heavy atom. The number of methoxy groups -OCH3 is 1. The number of carbonyl (C=O) groups is 2.